The molecule has 0 bridgehead atoms. The lowest BCUT2D eigenvalue weighted by molar-refractivity contribution is -0.00213. The van der Waals surface area contributed by atoms with Gasteiger partial charge in [0.1, 0.15) is 5.82 Å². The van der Waals surface area contributed by atoms with Crippen LogP contribution in [0.2, 0.25) is 0 Å². The molecule has 9 heteroatoms. The van der Waals surface area contributed by atoms with Crippen LogP contribution < -0.4 is 9.62 Å². The minimum Gasteiger partial charge on any atom is -0.378 e. The molecule has 2 aromatic heterocycles. The molecule has 0 amide bonds. The van der Waals surface area contributed by atoms with Crippen molar-refractivity contribution in [1.29, 1.82) is 0 Å². The summed E-state index contributed by atoms with van der Waals surface area (Å²) in [5.41, 5.74) is 3.60. The SMILES string of the molecule is Cn1cnc2ccc(C3CCC(OC[C@H]4CN(c5ccccn5)CC[C@H]4NS(C)(=O)=O)CC3)cc21. The Morgan fingerprint density at radius 1 is 1.09 bits per heavy atom. The van der Waals surface area contributed by atoms with Crippen LogP contribution in [0.15, 0.2) is 48.9 Å². The highest BCUT2D eigenvalue weighted by molar-refractivity contribution is 7.88. The Hall–Kier alpha value is -2.49. The molecule has 0 spiro atoms. The molecule has 2 fully saturated rings. The second-order valence-electron chi connectivity index (χ2n) is 10.1. The molecule has 188 valence electrons. The minimum atomic E-state index is -3.28. The van der Waals surface area contributed by atoms with Gasteiger partial charge in [0.15, 0.2) is 0 Å². The summed E-state index contributed by atoms with van der Waals surface area (Å²) in [5, 5.41) is 0. The minimum absolute atomic E-state index is 0.0745. The number of hydrogen-bond acceptors (Lipinski definition) is 6. The molecule has 1 saturated heterocycles. The average Bonchev–Trinajstić information content (AvgIpc) is 3.23. The fraction of sp³-hybridized carbons (Fsp3) is 0.538. The molecular weight excluding hydrogens is 462 g/mol. The summed E-state index contributed by atoms with van der Waals surface area (Å²) in [5.74, 6) is 1.55. The van der Waals surface area contributed by atoms with Gasteiger partial charge in [-0.15, -0.1) is 0 Å². The first kappa shape index (κ1) is 24.2. The van der Waals surface area contributed by atoms with Crippen molar-refractivity contribution >= 4 is 26.9 Å². The van der Waals surface area contributed by atoms with Gasteiger partial charge in [-0.05, 0) is 67.9 Å². The van der Waals surface area contributed by atoms with Gasteiger partial charge >= 0.3 is 0 Å². The second kappa shape index (κ2) is 10.2. The smallest absolute Gasteiger partial charge is 0.208 e. The van der Waals surface area contributed by atoms with Gasteiger partial charge in [-0.2, -0.15) is 0 Å². The lowest BCUT2D eigenvalue weighted by atomic mass is 9.82. The van der Waals surface area contributed by atoms with Crippen LogP contribution in [0.4, 0.5) is 5.82 Å². The Morgan fingerprint density at radius 2 is 1.91 bits per heavy atom. The number of hydrogen-bond donors (Lipinski definition) is 1. The number of nitrogens with zero attached hydrogens (tertiary/aromatic N) is 4. The van der Waals surface area contributed by atoms with Crippen LogP contribution in [-0.2, 0) is 21.8 Å². The lowest BCUT2D eigenvalue weighted by Gasteiger charge is -2.40. The van der Waals surface area contributed by atoms with E-state index in [2.05, 4.69) is 42.4 Å². The number of aryl methyl sites for hydroxylation is 1. The molecule has 1 saturated carbocycles. The molecule has 0 unspecified atom stereocenters. The molecule has 1 aliphatic carbocycles. The third-order valence-corrected chi connectivity index (χ3v) is 8.24. The van der Waals surface area contributed by atoms with E-state index in [1.807, 2.05) is 31.6 Å². The number of sulfonamides is 1. The number of nitrogens with one attached hydrogen (secondary N) is 1. The zero-order valence-electron chi connectivity index (χ0n) is 20.5. The van der Waals surface area contributed by atoms with Crippen molar-refractivity contribution in [3.63, 3.8) is 0 Å². The van der Waals surface area contributed by atoms with Crippen molar-refractivity contribution in [2.75, 3.05) is 30.9 Å². The summed E-state index contributed by atoms with van der Waals surface area (Å²) < 4.78 is 35.3. The Labute approximate surface area is 207 Å². The molecule has 3 heterocycles. The van der Waals surface area contributed by atoms with E-state index < -0.39 is 10.0 Å². The summed E-state index contributed by atoms with van der Waals surface area (Å²) in [7, 11) is -1.24. The van der Waals surface area contributed by atoms with E-state index in [-0.39, 0.29) is 18.1 Å². The molecule has 35 heavy (non-hydrogen) atoms. The fourth-order valence-corrected chi connectivity index (χ4v) is 6.46. The Balaban J connectivity index is 1.19. The number of piperidine rings is 1. The van der Waals surface area contributed by atoms with Crippen LogP contribution in [0.5, 0.6) is 0 Å². The molecule has 2 aliphatic rings. The first-order valence-corrected chi connectivity index (χ1v) is 14.4. The molecule has 1 aromatic carbocycles. The highest BCUT2D eigenvalue weighted by Crippen LogP contribution is 2.35. The highest BCUT2D eigenvalue weighted by Gasteiger charge is 2.33. The number of rotatable bonds is 7. The van der Waals surface area contributed by atoms with Crippen LogP contribution in [0.3, 0.4) is 0 Å². The third kappa shape index (κ3) is 5.85. The van der Waals surface area contributed by atoms with Crippen molar-refractivity contribution < 1.29 is 13.2 Å². The Kier molecular flexibility index (Phi) is 7.09. The van der Waals surface area contributed by atoms with Crippen LogP contribution in [0.25, 0.3) is 11.0 Å². The Morgan fingerprint density at radius 3 is 2.66 bits per heavy atom. The van der Waals surface area contributed by atoms with Gasteiger partial charge in [0.05, 0.1) is 36.3 Å². The standard InChI is InChI=1S/C26H35N5O3S/c1-30-18-28-24-11-8-20(15-25(24)30)19-6-9-22(10-7-19)34-17-21-16-31(26-5-3-4-13-27-26)14-12-23(21)29-35(2,32)33/h3-5,8,11,13,15,18-19,21-23,29H,6-7,9-10,12,14,16-17H2,1-2H3/t19?,21-,22?,23-/m1/s1. The average molecular weight is 498 g/mol. The number of ether oxygens (including phenoxy) is 1. The van der Waals surface area contributed by atoms with Gasteiger partial charge in [0.2, 0.25) is 10.0 Å². The van der Waals surface area contributed by atoms with Crippen molar-refractivity contribution in [2.45, 2.75) is 50.2 Å². The first-order chi connectivity index (χ1) is 16.9. The first-order valence-electron chi connectivity index (χ1n) is 12.5. The molecule has 1 N–H and O–H groups in total. The van der Waals surface area contributed by atoms with Crippen LogP contribution in [-0.4, -0.2) is 61.1 Å². The molecule has 0 radical (unpaired) electrons. The summed E-state index contributed by atoms with van der Waals surface area (Å²) in [6.45, 7) is 2.05. The van der Waals surface area contributed by atoms with Crippen molar-refractivity contribution in [1.82, 2.24) is 19.3 Å². The van der Waals surface area contributed by atoms with E-state index >= 15 is 0 Å². The van der Waals surface area contributed by atoms with Gasteiger partial charge in [-0.25, -0.2) is 23.1 Å². The van der Waals surface area contributed by atoms with Crippen molar-refractivity contribution in [3.05, 3.63) is 54.5 Å². The van der Waals surface area contributed by atoms with E-state index in [0.29, 0.717) is 12.5 Å². The predicted octanol–water partition coefficient (Wildman–Crippen LogP) is 3.46. The maximum absolute atomic E-state index is 12.0. The van der Waals surface area contributed by atoms with Gasteiger partial charge in [0.25, 0.3) is 0 Å². The highest BCUT2D eigenvalue weighted by atomic mass is 32.2. The number of aromatic nitrogens is 3. The normalized spacial score (nSPS) is 25.7. The van der Waals surface area contributed by atoms with Gasteiger partial charge < -0.3 is 14.2 Å². The number of fused-ring (bicyclic) bond motifs is 1. The van der Waals surface area contributed by atoms with Crippen molar-refractivity contribution in [3.8, 4) is 0 Å². The fourth-order valence-electron chi connectivity index (χ4n) is 5.60. The molecule has 5 rings (SSSR count). The molecule has 1 aliphatic heterocycles. The topological polar surface area (TPSA) is 89.3 Å². The van der Waals surface area contributed by atoms with Gasteiger partial charge in [0, 0.05) is 38.3 Å². The van der Waals surface area contributed by atoms with E-state index in [1.54, 1.807) is 6.20 Å². The largest absolute Gasteiger partial charge is 0.378 e. The quantitative estimate of drug-likeness (QED) is 0.538. The van der Waals surface area contributed by atoms with Gasteiger partial charge in [-0.1, -0.05) is 12.1 Å². The molecule has 2 atom stereocenters. The predicted molar refractivity (Wildman–Crippen MR) is 138 cm³/mol. The van der Waals surface area contributed by atoms with Gasteiger partial charge in [-0.3, -0.25) is 0 Å². The number of pyridine rings is 1. The zero-order valence-corrected chi connectivity index (χ0v) is 21.3. The van der Waals surface area contributed by atoms with E-state index in [9.17, 15) is 8.42 Å². The molecule has 8 nitrogen and oxygen atoms in total. The molecule has 3 aromatic rings. The van der Waals surface area contributed by atoms with E-state index in [0.717, 1.165) is 56.5 Å². The maximum atomic E-state index is 12.0. The van der Waals surface area contributed by atoms with E-state index in [4.69, 9.17) is 4.74 Å². The van der Waals surface area contributed by atoms with Crippen LogP contribution in [0.1, 0.15) is 43.6 Å². The van der Waals surface area contributed by atoms with E-state index in [1.165, 1.54) is 17.3 Å². The maximum Gasteiger partial charge on any atom is 0.208 e. The second-order valence-corrected chi connectivity index (χ2v) is 11.9. The summed E-state index contributed by atoms with van der Waals surface area (Å²) >= 11 is 0. The van der Waals surface area contributed by atoms with Crippen molar-refractivity contribution in [2.24, 2.45) is 13.0 Å². The summed E-state index contributed by atoms with van der Waals surface area (Å²) in [6.07, 6.45) is 10.1. The number of imidazole rings is 1. The van der Waals surface area contributed by atoms with Crippen LogP contribution >= 0.6 is 0 Å². The summed E-state index contributed by atoms with van der Waals surface area (Å²) in [4.78, 5) is 11.2. The number of benzene rings is 1. The Bertz CT molecular complexity index is 1240. The zero-order chi connectivity index (χ0) is 24.4. The number of anilines is 1. The third-order valence-electron chi connectivity index (χ3n) is 7.51. The van der Waals surface area contributed by atoms with Crippen LogP contribution in [0, 0.1) is 5.92 Å². The lowest BCUT2D eigenvalue weighted by Crippen LogP contribution is -2.52. The monoisotopic (exact) mass is 497 g/mol. The molecular formula is C26H35N5O3S. The summed E-state index contributed by atoms with van der Waals surface area (Å²) in [6, 6.07) is 12.4.